The first-order valence-corrected chi connectivity index (χ1v) is 5.71. The summed E-state index contributed by atoms with van der Waals surface area (Å²) in [6, 6.07) is 12.8. The van der Waals surface area contributed by atoms with Crippen LogP contribution < -0.4 is 10.5 Å². The van der Waals surface area contributed by atoms with E-state index in [0.29, 0.717) is 17.0 Å². The van der Waals surface area contributed by atoms with Gasteiger partial charge in [0.15, 0.2) is 5.78 Å². The third-order valence-electron chi connectivity index (χ3n) is 2.63. The van der Waals surface area contributed by atoms with E-state index in [4.69, 9.17) is 10.5 Å². The lowest BCUT2D eigenvalue weighted by atomic mass is 10.1. The molecule has 2 aromatic carbocycles. The first kappa shape index (κ1) is 12.2. The van der Waals surface area contributed by atoms with Crippen molar-refractivity contribution in [3.05, 3.63) is 53.6 Å². The van der Waals surface area contributed by atoms with Gasteiger partial charge >= 0.3 is 0 Å². The standard InChI is InChI=1S/C15H15NO2/c1-10-4-3-5-13(8-10)18-15-7-6-12(11(2)17)9-14(15)16/h3-9H,16H2,1-2H3. The summed E-state index contributed by atoms with van der Waals surface area (Å²) in [6.45, 7) is 3.50. The van der Waals surface area contributed by atoms with Crippen LogP contribution in [0.15, 0.2) is 42.5 Å². The smallest absolute Gasteiger partial charge is 0.159 e. The van der Waals surface area contributed by atoms with Crippen molar-refractivity contribution in [3.8, 4) is 11.5 Å². The Morgan fingerprint density at radius 2 is 1.94 bits per heavy atom. The van der Waals surface area contributed by atoms with Gasteiger partial charge in [0, 0.05) is 5.56 Å². The van der Waals surface area contributed by atoms with Crippen LogP contribution in [0.3, 0.4) is 0 Å². The Bertz CT molecular complexity index is 591. The van der Waals surface area contributed by atoms with Crippen molar-refractivity contribution in [1.29, 1.82) is 0 Å². The number of carbonyl (C=O) groups is 1. The summed E-state index contributed by atoms with van der Waals surface area (Å²) >= 11 is 0. The van der Waals surface area contributed by atoms with Gasteiger partial charge in [-0.05, 0) is 49.7 Å². The molecule has 2 N–H and O–H groups in total. The fourth-order valence-corrected chi connectivity index (χ4v) is 1.67. The molecule has 2 rings (SSSR count). The van der Waals surface area contributed by atoms with Crippen molar-refractivity contribution in [2.75, 3.05) is 5.73 Å². The van der Waals surface area contributed by atoms with Crippen LogP contribution >= 0.6 is 0 Å². The van der Waals surface area contributed by atoms with Crippen molar-refractivity contribution < 1.29 is 9.53 Å². The van der Waals surface area contributed by atoms with E-state index in [1.54, 1.807) is 18.2 Å². The van der Waals surface area contributed by atoms with Gasteiger partial charge in [-0.3, -0.25) is 4.79 Å². The second kappa shape index (κ2) is 4.92. The number of hydrogen-bond acceptors (Lipinski definition) is 3. The van der Waals surface area contributed by atoms with Gasteiger partial charge in [-0.15, -0.1) is 0 Å². The molecule has 0 fully saturated rings. The van der Waals surface area contributed by atoms with Crippen LogP contribution in [0, 0.1) is 6.92 Å². The van der Waals surface area contributed by atoms with Crippen molar-refractivity contribution in [2.24, 2.45) is 0 Å². The molecular weight excluding hydrogens is 226 g/mol. The van der Waals surface area contributed by atoms with E-state index < -0.39 is 0 Å². The van der Waals surface area contributed by atoms with E-state index in [2.05, 4.69) is 0 Å². The predicted molar refractivity (Wildman–Crippen MR) is 72.1 cm³/mol. The number of Topliss-reactive ketones (excluding diaryl/α,β-unsaturated/α-hetero) is 1. The number of hydrogen-bond donors (Lipinski definition) is 1. The molecular formula is C15H15NO2. The van der Waals surface area contributed by atoms with Crippen LogP contribution in [-0.2, 0) is 0 Å². The molecule has 92 valence electrons. The summed E-state index contributed by atoms with van der Waals surface area (Å²) in [5.41, 5.74) is 8.03. The van der Waals surface area contributed by atoms with E-state index >= 15 is 0 Å². The molecule has 0 aliphatic carbocycles. The normalized spacial score (nSPS) is 10.1. The maximum absolute atomic E-state index is 11.2. The SMILES string of the molecule is CC(=O)c1ccc(Oc2cccc(C)c2)c(N)c1. The molecule has 0 bridgehead atoms. The second-order valence-corrected chi connectivity index (χ2v) is 4.23. The number of nitrogens with two attached hydrogens (primary N) is 1. The van der Waals surface area contributed by atoms with Crippen LogP contribution in [0.25, 0.3) is 0 Å². The highest BCUT2D eigenvalue weighted by Gasteiger charge is 2.06. The molecule has 18 heavy (non-hydrogen) atoms. The molecule has 0 saturated carbocycles. The van der Waals surface area contributed by atoms with E-state index in [1.807, 2.05) is 31.2 Å². The molecule has 0 saturated heterocycles. The number of ketones is 1. The number of ether oxygens (including phenoxy) is 1. The zero-order valence-electron chi connectivity index (χ0n) is 10.4. The Kier molecular flexibility index (Phi) is 3.33. The van der Waals surface area contributed by atoms with E-state index in [-0.39, 0.29) is 5.78 Å². The van der Waals surface area contributed by atoms with Crippen LogP contribution in [0.4, 0.5) is 5.69 Å². The molecule has 3 nitrogen and oxygen atoms in total. The number of nitrogen functional groups attached to an aromatic ring is 1. The fraction of sp³-hybridized carbons (Fsp3) is 0.133. The van der Waals surface area contributed by atoms with Gasteiger partial charge in [-0.25, -0.2) is 0 Å². The largest absolute Gasteiger partial charge is 0.455 e. The minimum atomic E-state index is -0.0104. The van der Waals surface area contributed by atoms with E-state index in [9.17, 15) is 4.79 Å². The highest BCUT2D eigenvalue weighted by Crippen LogP contribution is 2.28. The highest BCUT2D eigenvalue weighted by molar-refractivity contribution is 5.95. The lowest BCUT2D eigenvalue weighted by Gasteiger charge is -2.09. The molecule has 0 radical (unpaired) electrons. The molecule has 0 spiro atoms. The quantitative estimate of drug-likeness (QED) is 0.660. The Balaban J connectivity index is 2.27. The minimum absolute atomic E-state index is 0.0104. The predicted octanol–water partition coefficient (Wildman–Crippen LogP) is 3.57. The summed E-state index contributed by atoms with van der Waals surface area (Å²) in [7, 11) is 0. The molecule has 0 amide bonds. The molecule has 0 aliphatic heterocycles. The van der Waals surface area contributed by atoms with Gasteiger partial charge in [-0.2, -0.15) is 0 Å². The Labute approximate surface area is 106 Å². The van der Waals surface area contributed by atoms with Crippen molar-refractivity contribution in [1.82, 2.24) is 0 Å². The zero-order valence-corrected chi connectivity index (χ0v) is 10.4. The monoisotopic (exact) mass is 241 g/mol. The molecule has 0 heterocycles. The molecule has 2 aromatic rings. The average Bonchev–Trinajstić information content (AvgIpc) is 2.31. The Morgan fingerprint density at radius 3 is 2.56 bits per heavy atom. The van der Waals surface area contributed by atoms with E-state index in [1.165, 1.54) is 6.92 Å². The summed E-state index contributed by atoms with van der Waals surface area (Å²) in [4.78, 5) is 11.2. The van der Waals surface area contributed by atoms with Crippen LogP contribution in [0.1, 0.15) is 22.8 Å². The molecule has 3 heteroatoms. The van der Waals surface area contributed by atoms with Crippen molar-refractivity contribution in [2.45, 2.75) is 13.8 Å². The third kappa shape index (κ3) is 2.69. The average molecular weight is 241 g/mol. The van der Waals surface area contributed by atoms with Crippen molar-refractivity contribution in [3.63, 3.8) is 0 Å². The van der Waals surface area contributed by atoms with Crippen LogP contribution in [-0.4, -0.2) is 5.78 Å². The number of rotatable bonds is 3. The summed E-state index contributed by atoms with van der Waals surface area (Å²) in [5, 5.41) is 0. The molecule has 0 aliphatic rings. The van der Waals surface area contributed by atoms with Gasteiger partial charge < -0.3 is 10.5 Å². The Morgan fingerprint density at radius 1 is 1.17 bits per heavy atom. The number of carbonyl (C=O) groups excluding carboxylic acids is 1. The maximum Gasteiger partial charge on any atom is 0.159 e. The fourth-order valence-electron chi connectivity index (χ4n) is 1.67. The first-order chi connectivity index (χ1) is 8.56. The summed E-state index contributed by atoms with van der Waals surface area (Å²) < 4.78 is 5.69. The van der Waals surface area contributed by atoms with Gasteiger partial charge in [0.1, 0.15) is 11.5 Å². The second-order valence-electron chi connectivity index (χ2n) is 4.23. The Hall–Kier alpha value is -2.29. The van der Waals surface area contributed by atoms with Gasteiger partial charge in [-0.1, -0.05) is 12.1 Å². The number of anilines is 1. The summed E-state index contributed by atoms with van der Waals surface area (Å²) in [6.07, 6.45) is 0. The van der Waals surface area contributed by atoms with E-state index in [0.717, 1.165) is 11.3 Å². The topological polar surface area (TPSA) is 52.3 Å². The maximum atomic E-state index is 11.2. The lowest BCUT2D eigenvalue weighted by Crippen LogP contribution is -1.97. The highest BCUT2D eigenvalue weighted by atomic mass is 16.5. The molecule has 0 unspecified atom stereocenters. The van der Waals surface area contributed by atoms with Crippen molar-refractivity contribution >= 4 is 11.5 Å². The van der Waals surface area contributed by atoms with Crippen LogP contribution in [0.2, 0.25) is 0 Å². The minimum Gasteiger partial charge on any atom is -0.455 e. The van der Waals surface area contributed by atoms with Gasteiger partial charge in [0.05, 0.1) is 5.69 Å². The van der Waals surface area contributed by atoms with Crippen LogP contribution in [0.5, 0.6) is 11.5 Å². The molecule has 0 aromatic heterocycles. The lowest BCUT2D eigenvalue weighted by molar-refractivity contribution is 0.101. The third-order valence-corrected chi connectivity index (χ3v) is 2.63. The van der Waals surface area contributed by atoms with Gasteiger partial charge in [0.2, 0.25) is 0 Å². The summed E-state index contributed by atoms with van der Waals surface area (Å²) in [5.74, 6) is 1.28. The molecule has 0 atom stereocenters. The number of benzene rings is 2. The van der Waals surface area contributed by atoms with Gasteiger partial charge in [0.25, 0.3) is 0 Å². The first-order valence-electron chi connectivity index (χ1n) is 5.71. The zero-order chi connectivity index (χ0) is 13.1. The number of aryl methyl sites for hydroxylation is 1.